The van der Waals surface area contributed by atoms with Crippen LogP contribution in [0.15, 0.2) is 10.7 Å². The van der Waals surface area contributed by atoms with Crippen molar-refractivity contribution in [2.45, 2.75) is 38.1 Å². The smallest absolute Gasteiger partial charge is 0.269 e. The number of halogens is 1. The van der Waals surface area contributed by atoms with Crippen LogP contribution in [-0.4, -0.2) is 15.1 Å². The fourth-order valence-corrected chi connectivity index (χ4v) is 2.91. The molecule has 0 unspecified atom stereocenters. The molecule has 0 aliphatic heterocycles. The Labute approximate surface area is 115 Å². The van der Waals surface area contributed by atoms with E-state index in [1.807, 2.05) is 6.92 Å². The van der Waals surface area contributed by atoms with Crippen LogP contribution in [-0.2, 0) is 5.54 Å². The Morgan fingerprint density at radius 2 is 2.11 bits per heavy atom. The standard InChI is InChI=1S/C11H14N4OS.ClH/c1-7-13-6-8(17-7)9-14-10(15-16-9)11(12)4-2-3-5-11;/h6H,2-5,12H2,1H3;1H. The van der Waals surface area contributed by atoms with E-state index in [9.17, 15) is 0 Å². The van der Waals surface area contributed by atoms with E-state index >= 15 is 0 Å². The maximum atomic E-state index is 6.28. The van der Waals surface area contributed by atoms with Crippen molar-refractivity contribution in [3.8, 4) is 10.8 Å². The van der Waals surface area contributed by atoms with Gasteiger partial charge in [-0.2, -0.15) is 4.98 Å². The Morgan fingerprint density at radius 3 is 2.72 bits per heavy atom. The third kappa shape index (κ3) is 2.28. The molecular weight excluding hydrogens is 272 g/mol. The van der Waals surface area contributed by atoms with Crippen LogP contribution < -0.4 is 5.73 Å². The lowest BCUT2D eigenvalue weighted by atomic mass is 9.99. The molecule has 1 aliphatic carbocycles. The van der Waals surface area contributed by atoms with Crippen molar-refractivity contribution in [1.29, 1.82) is 0 Å². The SMILES string of the molecule is Cc1ncc(-c2nc(C3(N)CCCC3)no2)s1.Cl. The molecule has 1 fully saturated rings. The van der Waals surface area contributed by atoms with Crippen molar-refractivity contribution in [3.63, 3.8) is 0 Å². The second-order valence-corrected chi connectivity index (χ2v) is 5.76. The maximum Gasteiger partial charge on any atom is 0.269 e. The molecule has 3 rings (SSSR count). The second kappa shape index (κ2) is 4.95. The highest BCUT2D eigenvalue weighted by molar-refractivity contribution is 7.14. The molecule has 2 aromatic rings. The van der Waals surface area contributed by atoms with Gasteiger partial charge in [0.05, 0.1) is 16.7 Å². The lowest BCUT2D eigenvalue weighted by Crippen LogP contribution is -2.34. The van der Waals surface area contributed by atoms with Gasteiger partial charge in [0.1, 0.15) is 4.88 Å². The summed E-state index contributed by atoms with van der Waals surface area (Å²) in [5.74, 6) is 1.17. The molecule has 0 saturated heterocycles. The van der Waals surface area contributed by atoms with Crippen molar-refractivity contribution < 1.29 is 4.52 Å². The van der Waals surface area contributed by atoms with E-state index in [4.69, 9.17) is 10.3 Å². The van der Waals surface area contributed by atoms with Gasteiger partial charge in [-0.05, 0) is 19.8 Å². The number of hydrogen-bond donors (Lipinski definition) is 1. The van der Waals surface area contributed by atoms with Gasteiger partial charge in [0.15, 0.2) is 5.82 Å². The minimum Gasteiger partial charge on any atom is -0.333 e. The minimum absolute atomic E-state index is 0. The number of aromatic nitrogens is 3. The molecule has 2 heterocycles. The van der Waals surface area contributed by atoms with Crippen molar-refractivity contribution >= 4 is 23.7 Å². The zero-order chi connectivity index (χ0) is 11.9. The van der Waals surface area contributed by atoms with Crippen LogP contribution in [0.25, 0.3) is 10.8 Å². The quantitative estimate of drug-likeness (QED) is 0.918. The summed E-state index contributed by atoms with van der Waals surface area (Å²) in [7, 11) is 0. The molecule has 2 N–H and O–H groups in total. The first-order valence-electron chi connectivity index (χ1n) is 5.73. The minimum atomic E-state index is -0.387. The third-order valence-electron chi connectivity index (χ3n) is 3.20. The highest BCUT2D eigenvalue weighted by Crippen LogP contribution is 2.35. The topological polar surface area (TPSA) is 77.8 Å². The van der Waals surface area contributed by atoms with Crippen LogP contribution in [0.1, 0.15) is 36.5 Å². The number of aryl methyl sites for hydroxylation is 1. The zero-order valence-electron chi connectivity index (χ0n) is 10.0. The highest BCUT2D eigenvalue weighted by Gasteiger charge is 2.36. The molecular formula is C11H15ClN4OS. The summed E-state index contributed by atoms with van der Waals surface area (Å²) < 4.78 is 5.27. The molecule has 18 heavy (non-hydrogen) atoms. The third-order valence-corrected chi connectivity index (χ3v) is 4.10. The van der Waals surface area contributed by atoms with Crippen LogP contribution >= 0.6 is 23.7 Å². The Bertz CT molecular complexity index is 533. The molecule has 0 amide bonds. The first-order valence-corrected chi connectivity index (χ1v) is 6.55. The zero-order valence-corrected chi connectivity index (χ0v) is 11.7. The Balaban J connectivity index is 0.00000120. The molecule has 0 aromatic carbocycles. The van der Waals surface area contributed by atoms with Gasteiger partial charge >= 0.3 is 0 Å². The van der Waals surface area contributed by atoms with Gasteiger partial charge in [-0.3, -0.25) is 0 Å². The van der Waals surface area contributed by atoms with Crippen molar-refractivity contribution in [3.05, 3.63) is 17.0 Å². The second-order valence-electron chi connectivity index (χ2n) is 4.53. The van der Waals surface area contributed by atoms with Crippen molar-refractivity contribution in [1.82, 2.24) is 15.1 Å². The fourth-order valence-electron chi connectivity index (χ4n) is 2.22. The van der Waals surface area contributed by atoms with Crippen molar-refractivity contribution in [2.75, 3.05) is 0 Å². The number of rotatable bonds is 2. The highest BCUT2D eigenvalue weighted by atomic mass is 35.5. The molecule has 0 spiro atoms. The summed E-state index contributed by atoms with van der Waals surface area (Å²) in [6.07, 6.45) is 5.91. The predicted molar refractivity (Wildman–Crippen MR) is 71.7 cm³/mol. The van der Waals surface area contributed by atoms with E-state index in [1.54, 1.807) is 17.5 Å². The molecule has 0 atom stereocenters. The largest absolute Gasteiger partial charge is 0.333 e. The molecule has 98 valence electrons. The monoisotopic (exact) mass is 286 g/mol. The average molecular weight is 287 g/mol. The first-order chi connectivity index (χ1) is 8.17. The number of thiazole rings is 1. The Hall–Kier alpha value is -0.980. The number of nitrogens with zero attached hydrogens (tertiary/aromatic N) is 3. The van der Waals surface area contributed by atoms with E-state index in [0.717, 1.165) is 35.6 Å². The van der Waals surface area contributed by atoms with Gasteiger partial charge in [-0.1, -0.05) is 18.0 Å². The normalized spacial score (nSPS) is 17.7. The van der Waals surface area contributed by atoms with Crippen LogP contribution in [0.4, 0.5) is 0 Å². The Morgan fingerprint density at radius 1 is 1.39 bits per heavy atom. The molecule has 1 saturated carbocycles. The molecule has 7 heteroatoms. The summed E-state index contributed by atoms with van der Waals surface area (Å²) in [6.45, 7) is 1.95. The molecule has 0 radical (unpaired) electrons. The van der Waals surface area contributed by atoms with Gasteiger partial charge < -0.3 is 10.3 Å². The van der Waals surface area contributed by atoms with Gasteiger partial charge in [0, 0.05) is 0 Å². The van der Waals surface area contributed by atoms with Gasteiger partial charge in [0.2, 0.25) is 0 Å². The number of nitrogens with two attached hydrogens (primary N) is 1. The van der Waals surface area contributed by atoms with Gasteiger partial charge in [-0.25, -0.2) is 4.98 Å². The lowest BCUT2D eigenvalue weighted by molar-refractivity contribution is 0.373. The van der Waals surface area contributed by atoms with Gasteiger partial charge in [-0.15, -0.1) is 23.7 Å². The summed E-state index contributed by atoms with van der Waals surface area (Å²) in [4.78, 5) is 9.50. The summed E-state index contributed by atoms with van der Waals surface area (Å²) in [5.41, 5.74) is 5.89. The average Bonchev–Trinajstić information content (AvgIpc) is 2.96. The fraction of sp³-hybridized carbons (Fsp3) is 0.545. The summed E-state index contributed by atoms with van der Waals surface area (Å²) >= 11 is 1.55. The van der Waals surface area contributed by atoms with Crippen LogP contribution in [0, 0.1) is 6.92 Å². The maximum absolute atomic E-state index is 6.28. The van der Waals surface area contributed by atoms with Crippen LogP contribution in [0.3, 0.4) is 0 Å². The molecule has 5 nitrogen and oxygen atoms in total. The van der Waals surface area contributed by atoms with Crippen molar-refractivity contribution in [2.24, 2.45) is 5.73 Å². The summed E-state index contributed by atoms with van der Waals surface area (Å²) in [6, 6.07) is 0. The summed E-state index contributed by atoms with van der Waals surface area (Å²) in [5, 5.41) is 5.01. The van der Waals surface area contributed by atoms with E-state index in [2.05, 4.69) is 15.1 Å². The van der Waals surface area contributed by atoms with Gasteiger partial charge in [0.25, 0.3) is 5.89 Å². The van der Waals surface area contributed by atoms with Crippen LogP contribution in [0.2, 0.25) is 0 Å². The predicted octanol–water partition coefficient (Wildman–Crippen LogP) is 2.65. The van der Waals surface area contributed by atoms with E-state index in [-0.39, 0.29) is 17.9 Å². The lowest BCUT2D eigenvalue weighted by Gasteiger charge is -2.17. The number of hydrogen-bond acceptors (Lipinski definition) is 6. The Kier molecular flexibility index (Phi) is 3.70. The molecule has 1 aliphatic rings. The van der Waals surface area contributed by atoms with E-state index in [0.29, 0.717) is 11.7 Å². The molecule has 0 bridgehead atoms. The first kappa shape index (κ1) is 13.5. The van der Waals surface area contributed by atoms with Crippen LogP contribution in [0.5, 0.6) is 0 Å². The molecule has 2 aromatic heterocycles. The van der Waals surface area contributed by atoms with E-state index < -0.39 is 0 Å². The van der Waals surface area contributed by atoms with E-state index in [1.165, 1.54) is 0 Å².